The standard InChI is InChI=1S/C19H18ClN5/c1-12-19-23-21-11-25(19)17-10-13(8-9-16(17)22-12)18(24(2)3)14-6-4-5-7-15(14)20/h4-11,18H,1-3H3. The molecule has 0 saturated carbocycles. The van der Waals surface area contributed by atoms with Crippen molar-refractivity contribution in [1.29, 1.82) is 0 Å². The molecule has 1 unspecified atom stereocenters. The molecular weight excluding hydrogens is 334 g/mol. The van der Waals surface area contributed by atoms with Crippen LogP contribution in [0.25, 0.3) is 16.7 Å². The predicted molar refractivity (Wildman–Crippen MR) is 100 cm³/mol. The lowest BCUT2D eigenvalue weighted by molar-refractivity contribution is 0.342. The summed E-state index contributed by atoms with van der Waals surface area (Å²) in [4.78, 5) is 6.81. The highest BCUT2D eigenvalue weighted by atomic mass is 35.5. The number of rotatable bonds is 3. The SMILES string of the molecule is Cc1nc2ccc(C(c3ccccc3Cl)N(C)C)cc2n2cnnc12. The van der Waals surface area contributed by atoms with Gasteiger partial charge in [0.05, 0.1) is 22.8 Å². The Kier molecular flexibility index (Phi) is 3.90. The molecule has 4 aromatic rings. The van der Waals surface area contributed by atoms with Crippen molar-refractivity contribution >= 4 is 28.3 Å². The average molecular weight is 352 g/mol. The molecule has 0 aliphatic carbocycles. The topological polar surface area (TPSA) is 46.3 Å². The van der Waals surface area contributed by atoms with E-state index in [9.17, 15) is 0 Å². The molecule has 0 N–H and O–H groups in total. The molecule has 0 amide bonds. The first-order valence-electron chi connectivity index (χ1n) is 8.07. The number of hydrogen-bond acceptors (Lipinski definition) is 4. The van der Waals surface area contributed by atoms with Crippen molar-refractivity contribution in [3.8, 4) is 0 Å². The molecule has 5 nitrogen and oxygen atoms in total. The molecule has 1 atom stereocenters. The average Bonchev–Trinajstić information content (AvgIpc) is 3.08. The summed E-state index contributed by atoms with van der Waals surface area (Å²) in [6, 6.07) is 14.3. The Morgan fingerprint density at radius 3 is 2.68 bits per heavy atom. The molecule has 25 heavy (non-hydrogen) atoms. The molecule has 0 aliphatic heterocycles. The van der Waals surface area contributed by atoms with E-state index in [-0.39, 0.29) is 6.04 Å². The van der Waals surface area contributed by atoms with Crippen molar-refractivity contribution in [2.75, 3.05) is 14.1 Å². The fourth-order valence-electron chi connectivity index (χ4n) is 3.34. The maximum Gasteiger partial charge on any atom is 0.182 e. The van der Waals surface area contributed by atoms with Crippen molar-refractivity contribution in [1.82, 2.24) is 24.5 Å². The first-order valence-corrected chi connectivity index (χ1v) is 8.45. The summed E-state index contributed by atoms with van der Waals surface area (Å²) in [6.45, 7) is 1.95. The van der Waals surface area contributed by atoms with E-state index in [1.165, 1.54) is 0 Å². The second-order valence-corrected chi connectivity index (χ2v) is 6.76. The van der Waals surface area contributed by atoms with Gasteiger partial charge in [0.2, 0.25) is 0 Å². The minimum Gasteiger partial charge on any atom is -0.298 e. The number of halogens is 1. The van der Waals surface area contributed by atoms with Crippen LogP contribution >= 0.6 is 11.6 Å². The number of nitrogens with zero attached hydrogens (tertiary/aromatic N) is 5. The van der Waals surface area contributed by atoms with E-state index in [1.54, 1.807) is 6.33 Å². The van der Waals surface area contributed by atoms with E-state index >= 15 is 0 Å². The van der Waals surface area contributed by atoms with Crippen LogP contribution in [0.5, 0.6) is 0 Å². The number of hydrogen-bond donors (Lipinski definition) is 0. The van der Waals surface area contributed by atoms with Crippen LogP contribution < -0.4 is 0 Å². The molecule has 126 valence electrons. The largest absolute Gasteiger partial charge is 0.298 e. The summed E-state index contributed by atoms with van der Waals surface area (Å²) < 4.78 is 1.99. The highest BCUT2D eigenvalue weighted by Crippen LogP contribution is 2.33. The van der Waals surface area contributed by atoms with E-state index in [0.29, 0.717) is 0 Å². The van der Waals surface area contributed by atoms with E-state index < -0.39 is 0 Å². The maximum atomic E-state index is 6.47. The highest BCUT2D eigenvalue weighted by molar-refractivity contribution is 6.31. The number of fused-ring (bicyclic) bond motifs is 3. The van der Waals surface area contributed by atoms with Crippen molar-refractivity contribution < 1.29 is 0 Å². The van der Waals surface area contributed by atoms with Gasteiger partial charge in [0.25, 0.3) is 0 Å². The van der Waals surface area contributed by atoms with Crippen LogP contribution in [0.2, 0.25) is 5.02 Å². The van der Waals surface area contributed by atoms with Crippen molar-refractivity contribution in [2.24, 2.45) is 0 Å². The number of aromatic nitrogens is 4. The van der Waals surface area contributed by atoms with Crippen LogP contribution in [0.15, 0.2) is 48.8 Å². The summed E-state index contributed by atoms with van der Waals surface area (Å²) in [5, 5.41) is 8.97. The molecule has 2 heterocycles. The van der Waals surface area contributed by atoms with Crippen molar-refractivity contribution in [3.05, 3.63) is 70.6 Å². The van der Waals surface area contributed by atoms with Crippen LogP contribution in [-0.4, -0.2) is 38.6 Å². The van der Waals surface area contributed by atoms with Crippen molar-refractivity contribution in [3.63, 3.8) is 0 Å². The van der Waals surface area contributed by atoms with Gasteiger partial charge in [-0.1, -0.05) is 35.9 Å². The Morgan fingerprint density at radius 1 is 1.12 bits per heavy atom. The lowest BCUT2D eigenvalue weighted by Crippen LogP contribution is -2.21. The second-order valence-electron chi connectivity index (χ2n) is 6.36. The Balaban J connectivity index is 1.96. The van der Waals surface area contributed by atoms with Gasteiger partial charge in [0.15, 0.2) is 5.65 Å². The molecule has 2 aromatic carbocycles. The molecule has 0 fully saturated rings. The fourth-order valence-corrected chi connectivity index (χ4v) is 3.58. The summed E-state index contributed by atoms with van der Waals surface area (Å²) in [5.41, 5.74) is 5.78. The van der Waals surface area contributed by atoms with Gasteiger partial charge < -0.3 is 0 Å². The molecule has 0 bridgehead atoms. The van der Waals surface area contributed by atoms with Gasteiger partial charge in [-0.3, -0.25) is 9.30 Å². The zero-order chi connectivity index (χ0) is 17.6. The molecule has 4 rings (SSSR count). The van der Waals surface area contributed by atoms with Crippen LogP contribution in [0.3, 0.4) is 0 Å². The fraction of sp³-hybridized carbons (Fsp3) is 0.211. The zero-order valence-corrected chi connectivity index (χ0v) is 15.1. The molecular formula is C19H18ClN5. The minimum atomic E-state index is 0.0472. The number of benzene rings is 2. The maximum absolute atomic E-state index is 6.47. The summed E-state index contributed by atoms with van der Waals surface area (Å²) >= 11 is 6.47. The normalized spacial score (nSPS) is 13.0. The minimum absolute atomic E-state index is 0.0472. The van der Waals surface area contributed by atoms with Gasteiger partial charge in [-0.2, -0.15) is 0 Å². The zero-order valence-electron chi connectivity index (χ0n) is 14.3. The summed E-state index contributed by atoms with van der Waals surface area (Å²) in [5.74, 6) is 0. The third-order valence-corrected chi connectivity index (χ3v) is 4.79. The quantitative estimate of drug-likeness (QED) is 0.561. The Labute approximate surface area is 150 Å². The summed E-state index contributed by atoms with van der Waals surface area (Å²) in [6.07, 6.45) is 1.73. The molecule has 0 saturated heterocycles. The molecule has 0 aliphatic rings. The predicted octanol–water partition coefficient (Wildman–Crippen LogP) is 3.89. The highest BCUT2D eigenvalue weighted by Gasteiger charge is 2.20. The van der Waals surface area contributed by atoms with Crippen LogP contribution in [0, 0.1) is 6.92 Å². The molecule has 0 spiro atoms. The summed E-state index contributed by atoms with van der Waals surface area (Å²) in [7, 11) is 4.11. The van der Waals surface area contributed by atoms with E-state index in [4.69, 9.17) is 11.6 Å². The van der Waals surface area contributed by atoms with Gasteiger partial charge in [-0.25, -0.2) is 4.98 Å². The van der Waals surface area contributed by atoms with Crippen molar-refractivity contribution in [2.45, 2.75) is 13.0 Å². The molecule has 2 aromatic heterocycles. The monoisotopic (exact) mass is 351 g/mol. The van der Waals surface area contributed by atoms with Gasteiger partial charge in [-0.05, 0) is 50.3 Å². The molecule has 6 heteroatoms. The molecule has 0 radical (unpaired) electrons. The Morgan fingerprint density at radius 2 is 1.92 bits per heavy atom. The first-order chi connectivity index (χ1) is 12.1. The number of aryl methyl sites for hydroxylation is 1. The van der Waals surface area contributed by atoms with Crippen LogP contribution in [0.1, 0.15) is 22.9 Å². The smallest absolute Gasteiger partial charge is 0.182 e. The lowest BCUT2D eigenvalue weighted by atomic mass is 9.97. The van der Waals surface area contributed by atoms with Gasteiger partial charge in [0, 0.05) is 5.02 Å². The first kappa shape index (κ1) is 16.0. The third kappa shape index (κ3) is 2.65. The van der Waals surface area contributed by atoms with E-state index in [2.05, 4.69) is 52.4 Å². The second kappa shape index (κ2) is 6.10. The Bertz CT molecular complexity index is 1070. The van der Waals surface area contributed by atoms with Gasteiger partial charge in [-0.15, -0.1) is 10.2 Å². The third-order valence-electron chi connectivity index (χ3n) is 4.45. The van der Waals surface area contributed by atoms with E-state index in [0.717, 1.165) is 38.5 Å². The van der Waals surface area contributed by atoms with Crippen LogP contribution in [0.4, 0.5) is 0 Å². The van der Waals surface area contributed by atoms with E-state index in [1.807, 2.05) is 35.6 Å². The lowest BCUT2D eigenvalue weighted by Gasteiger charge is -2.26. The van der Waals surface area contributed by atoms with Gasteiger partial charge >= 0.3 is 0 Å². The van der Waals surface area contributed by atoms with Gasteiger partial charge in [0.1, 0.15) is 6.33 Å². The van der Waals surface area contributed by atoms with Crippen LogP contribution in [-0.2, 0) is 0 Å². The Hall–Kier alpha value is -2.50.